The number of hydrogen-bond donors (Lipinski definition) is 3. The number of rotatable bonds is 4. The lowest BCUT2D eigenvalue weighted by molar-refractivity contribution is 0.449. The van der Waals surface area contributed by atoms with Crippen LogP contribution in [0.2, 0.25) is 0 Å². The fraction of sp³-hybridized carbons (Fsp3) is 0. The molecular formula is C11H9F3N4O2S. The van der Waals surface area contributed by atoms with Gasteiger partial charge in [0.15, 0.2) is 17.5 Å². The standard InChI is InChI=1S/C11H9F3N4O2S/c12-6-1-2-8(11(14)10(6)13)18-21(19,20)9-5-16-4-3-7(9)17-15/h1-5,18H,15H2,(H,16,17). The Morgan fingerprint density at radius 1 is 1.05 bits per heavy atom. The van der Waals surface area contributed by atoms with E-state index < -0.39 is 33.2 Å². The molecule has 2 rings (SSSR count). The molecule has 0 aliphatic carbocycles. The summed E-state index contributed by atoms with van der Waals surface area (Å²) in [5.41, 5.74) is 1.40. The van der Waals surface area contributed by atoms with Gasteiger partial charge in [0.2, 0.25) is 0 Å². The molecule has 10 heteroatoms. The summed E-state index contributed by atoms with van der Waals surface area (Å²) >= 11 is 0. The van der Waals surface area contributed by atoms with Crippen molar-refractivity contribution in [2.45, 2.75) is 4.90 Å². The van der Waals surface area contributed by atoms with E-state index in [9.17, 15) is 21.6 Å². The van der Waals surface area contributed by atoms with Gasteiger partial charge in [0, 0.05) is 12.4 Å². The second kappa shape index (κ2) is 5.58. The number of nitrogens with zero attached hydrogens (tertiary/aromatic N) is 1. The van der Waals surface area contributed by atoms with Gasteiger partial charge in [0.1, 0.15) is 4.90 Å². The molecule has 0 amide bonds. The highest BCUT2D eigenvalue weighted by Gasteiger charge is 2.22. The predicted molar refractivity (Wildman–Crippen MR) is 69.2 cm³/mol. The molecule has 6 nitrogen and oxygen atoms in total. The van der Waals surface area contributed by atoms with Gasteiger partial charge in [-0.25, -0.2) is 21.6 Å². The van der Waals surface area contributed by atoms with Crippen molar-refractivity contribution in [3.63, 3.8) is 0 Å². The second-order valence-corrected chi connectivity index (χ2v) is 5.50. The van der Waals surface area contributed by atoms with Crippen LogP contribution in [0.25, 0.3) is 0 Å². The van der Waals surface area contributed by atoms with Gasteiger partial charge in [0.25, 0.3) is 10.0 Å². The van der Waals surface area contributed by atoms with Gasteiger partial charge < -0.3 is 5.43 Å². The van der Waals surface area contributed by atoms with Gasteiger partial charge in [0.05, 0.1) is 11.4 Å². The van der Waals surface area contributed by atoms with Gasteiger partial charge in [-0.3, -0.25) is 15.5 Å². The Hall–Kier alpha value is -2.33. The minimum atomic E-state index is -4.29. The van der Waals surface area contributed by atoms with Crippen molar-refractivity contribution in [2.75, 3.05) is 10.1 Å². The highest BCUT2D eigenvalue weighted by atomic mass is 32.2. The van der Waals surface area contributed by atoms with E-state index in [1.54, 1.807) is 4.72 Å². The molecule has 1 heterocycles. The van der Waals surface area contributed by atoms with Crippen LogP contribution < -0.4 is 16.0 Å². The molecule has 0 unspecified atom stereocenters. The first-order valence-electron chi connectivity index (χ1n) is 5.43. The Morgan fingerprint density at radius 2 is 1.76 bits per heavy atom. The lowest BCUT2D eigenvalue weighted by atomic mass is 10.3. The fourth-order valence-corrected chi connectivity index (χ4v) is 2.69. The summed E-state index contributed by atoms with van der Waals surface area (Å²) in [6.45, 7) is 0. The van der Waals surface area contributed by atoms with Gasteiger partial charge in [-0.05, 0) is 18.2 Å². The van der Waals surface area contributed by atoms with Crippen LogP contribution in [0.15, 0.2) is 35.5 Å². The van der Waals surface area contributed by atoms with Gasteiger partial charge >= 0.3 is 0 Å². The number of pyridine rings is 1. The number of halogens is 3. The van der Waals surface area contributed by atoms with E-state index in [2.05, 4.69) is 10.4 Å². The molecule has 112 valence electrons. The number of nitrogens with two attached hydrogens (primary N) is 1. The number of aromatic nitrogens is 1. The number of anilines is 2. The van der Waals surface area contributed by atoms with Crippen molar-refractivity contribution in [3.8, 4) is 0 Å². The van der Waals surface area contributed by atoms with E-state index in [-0.39, 0.29) is 10.6 Å². The minimum Gasteiger partial charge on any atom is -0.323 e. The van der Waals surface area contributed by atoms with E-state index >= 15 is 0 Å². The van der Waals surface area contributed by atoms with Crippen LogP contribution in [0.1, 0.15) is 0 Å². The summed E-state index contributed by atoms with van der Waals surface area (Å²) in [5.74, 6) is 0.304. The van der Waals surface area contributed by atoms with Gasteiger partial charge in [-0.2, -0.15) is 0 Å². The van der Waals surface area contributed by atoms with Gasteiger partial charge in [-0.15, -0.1) is 0 Å². The Bertz CT molecular complexity index is 783. The Balaban J connectivity index is 2.45. The molecule has 0 atom stereocenters. The lowest BCUT2D eigenvalue weighted by Gasteiger charge is -2.12. The zero-order valence-corrected chi connectivity index (χ0v) is 11.1. The third-order valence-electron chi connectivity index (χ3n) is 2.51. The normalized spacial score (nSPS) is 11.2. The molecule has 1 aromatic heterocycles. The zero-order valence-electron chi connectivity index (χ0n) is 10.3. The molecule has 0 aliphatic heterocycles. The highest BCUT2D eigenvalue weighted by molar-refractivity contribution is 7.92. The van der Waals surface area contributed by atoms with Crippen LogP contribution in [0.5, 0.6) is 0 Å². The molecule has 4 N–H and O–H groups in total. The summed E-state index contributed by atoms with van der Waals surface area (Å²) in [4.78, 5) is 3.23. The molecule has 0 radical (unpaired) electrons. The van der Waals surface area contributed by atoms with E-state index in [4.69, 9.17) is 5.84 Å². The molecular weight excluding hydrogens is 309 g/mol. The van der Waals surface area contributed by atoms with Crippen LogP contribution >= 0.6 is 0 Å². The number of hydrazine groups is 1. The van der Waals surface area contributed by atoms with Crippen LogP contribution in [-0.2, 0) is 10.0 Å². The van der Waals surface area contributed by atoms with E-state index in [1.807, 2.05) is 0 Å². The van der Waals surface area contributed by atoms with Crippen LogP contribution in [0.4, 0.5) is 24.5 Å². The van der Waals surface area contributed by atoms with Crippen LogP contribution in [0.3, 0.4) is 0 Å². The molecule has 0 fully saturated rings. The minimum absolute atomic E-state index is 0.000455. The molecule has 0 aliphatic rings. The highest BCUT2D eigenvalue weighted by Crippen LogP contribution is 2.25. The third-order valence-corrected chi connectivity index (χ3v) is 3.90. The average Bonchev–Trinajstić information content (AvgIpc) is 2.48. The van der Waals surface area contributed by atoms with Crippen molar-refractivity contribution >= 4 is 21.4 Å². The van der Waals surface area contributed by atoms with Crippen molar-refractivity contribution in [2.24, 2.45) is 5.84 Å². The Kier molecular flexibility index (Phi) is 4.00. The lowest BCUT2D eigenvalue weighted by Crippen LogP contribution is -2.18. The zero-order chi connectivity index (χ0) is 15.6. The van der Waals surface area contributed by atoms with E-state index in [1.165, 1.54) is 12.3 Å². The Morgan fingerprint density at radius 3 is 2.43 bits per heavy atom. The largest absolute Gasteiger partial charge is 0.323 e. The SMILES string of the molecule is NNc1ccncc1S(=O)(=O)Nc1ccc(F)c(F)c1F. The number of sulfonamides is 1. The number of benzene rings is 1. The topological polar surface area (TPSA) is 97.1 Å². The summed E-state index contributed by atoms with van der Waals surface area (Å²) < 4.78 is 65.4. The fourth-order valence-electron chi connectivity index (χ4n) is 1.52. The summed E-state index contributed by atoms with van der Waals surface area (Å²) in [6, 6.07) is 2.63. The smallest absolute Gasteiger partial charge is 0.265 e. The first kappa shape index (κ1) is 15.1. The monoisotopic (exact) mass is 318 g/mol. The van der Waals surface area contributed by atoms with Crippen molar-refractivity contribution < 1.29 is 21.6 Å². The van der Waals surface area contributed by atoms with Crippen molar-refractivity contribution in [3.05, 3.63) is 48.0 Å². The average molecular weight is 318 g/mol. The van der Waals surface area contributed by atoms with Crippen molar-refractivity contribution in [1.82, 2.24) is 4.98 Å². The molecule has 0 saturated heterocycles. The number of nitrogens with one attached hydrogen (secondary N) is 2. The molecule has 0 saturated carbocycles. The molecule has 2 aromatic rings. The van der Waals surface area contributed by atoms with Crippen molar-refractivity contribution in [1.29, 1.82) is 0 Å². The number of hydrogen-bond acceptors (Lipinski definition) is 5. The van der Waals surface area contributed by atoms with Gasteiger partial charge in [-0.1, -0.05) is 0 Å². The van der Waals surface area contributed by atoms with Crippen LogP contribution in [0, 0.1) is 17.5 Å². The second-order valence-electron chi connectivity index (χ2n) is 3.84. The van der Waals surface area contributed by atoms with Crippen LogP contribution in [-0.4, -0.2) is 13.4 Å². The molecule has 1 aromatic carbocycles. The molecule has 0 spiro atoms. The first-order chi connectivity index (χ1) is 9.86. The summed E-state index contributed by atoms with van der Waals surface area (Å²) in [7, 11) is -4.29. The maximum atomic E-state index is 13.5. The van der Waals surface area contributed by atoms with E-state index in [0.29, 0.717) is 6.07 Å². The Labute approximate surface area is 117 Å². The predicted octanol–water partition coefficient (Wildman–Crippen LogP) is 1.59. The van der Waals surface area contributed by atoms with E-state index in [0.717, 1.165) is 12.3 Å². The first-order valence-corrected chi connectivity index (χ1v) is 6.92. The maximum absolute atomic E-state index is 13.5. The number of nitrogen functional groups attached to an aromatic ring is 1. The molecule has 0 bridgehead atoms. The summed E-state index contributed by atoms with van der Waals surface area (Å²) in [5, 5.41) is 0. The maximum Gasteiger partial charge on any atom is 0.265 e. The summed E-state index contributed by atoms with van der Waals surface area (Å²) in [6.07, 6.45) is 2.25. The molecule has 21 heavy (non-hydrogen) atoms. The third kappa shape index (κ3) is 2.90. The quantitative estimate of drug-likeness (QED) is 0.452.